The zero-order valence-corrected chi connectivity index (χ0v) is 13.7. The summed E-state index contributed by atoms with van der Waals surface area (Å²) >= 11 is 0. The van der Waals surface area contributed by atoms with E-state index in [1.54, 1.807) is 0 Å². The minimum Gasteiger partial charge on any atom is -0.337 e. The van der Waals surface area contributed by atoms with Crippen molar-refractivity contribution in [1.82, 2.24) is 24.9 Å². The minimum absolute atomic E-state index is 0.0640. The van der Waals surface area contributed by atoms with Crippen LogP contribution < -0.4 is 0 Å². The fraction of sp³-hybridized carbons (Fsp3) is 0.588. The van der Waals surface area contributed by atoms with Gasteiger partial charge in [0, 0.05) is 37.7 Å². The molecule has 6 nitrogen and oxygen atoms in total. The molecular weight excluding hydrogens is 290 g/mol. The second kappa shape index (κ2) is 7.44. The Labute approximate surface area is 136 Å². The molecule has 1 aliphatic rings. The summed E-state index contributed by atoms with van der Waals surface area (Å²) in [7, 11) is 0. The Kier molecular flexibility index (Phi) is 5.10. The molecular formula is C17H25N5O. The zero-order valence-electron chi connectivity index (χ0n) is 13.7. The quantitative estimate of drug-likeness (QED) is 0.890. The van der Waals surface area contributed by atoms with Gasteiger partial charge in [-0.1, -0.05) is 13.3 Å². The van der Waals surface area contributed by atoms with E-state index in [4.69, 9.17) is 0 Å². The van der Waals surface area contributed by atoms with Gasteiger partial charge in [0.25, 0.3) is 5.91 Å². The molecule has 3 rings (SSSR count). The van der Waals surface area contributed by atoms with Crippen LogP contribution in [-0.4, -0.2) is 43.9 Å². The van der Waals surface area contributed by atoms with Gasteiger partial charge in [-0.15, -0.1) is 0 Å². The lowest BCUT2D eigenvalue weighted by molar-refractivity contribution is 0.0678. The first-order valence-corrected chi connectivity index (χ1v) is 8.57. The zero-order chi connectivity index (χ0) is 16.1. The number of rotatable bonds is 6. The lowest BCUT2D eigenvalue weighted by Gasteiger charge is -2.31. The van der Waals surface area contributed by atoms with Crippen LogP contribution in [0.25, 0.3) is 0 Å². The number of hydrogen-bond acceptors (Lipinski definition) is 3. The SMILES string of the molecule is CCCc1cc(C(=O)N2CCC(CCn3cccn3)CC2)n[nH]1. The highest BCUT2D eigenvalue weighted by Crippen LogP contribution is 2.22. The van der Waals surface area contributed by atoms with Crippen LogP contribution in [0.15, 0.2) is 24.5 Å². The number of piperidine rings is 1. The van der Waals surface area contributed by atoms with Gasteiger partial charge in [-0.05, 0) is 43.7 Å². The third-order valence-corrected chi connectivity index (χ3v) is 4.60. The summed E-state index contributed by atoms with van der Waals surface area (Å²) in [5.74, 6) is 0.743. The first-order chi connectivity index (χ1) is 11.3. The second-order valence-electron chi connectivity index (χ2n) is 6.32. The third kappa shape index (κ3) is 4.00. The summed E-state index contributed by atoms with van der Waals surface area (Å²) in [6, 6.07) is 3.85. The van der Waals surface area contributed by atoms with Crippen LogP contribution in [0.1, 0.15) is 48.8 Å². The average Bonchev–Trinajstić information content (AvgIpc) is 3.25. The predicted molar refractivity (Wildman–Crippen MR) is 88.1 cm³/mol. The second-order valence-corrected chi connectivity index (χ2v) is 6.32. The number of aryl methyl sites for hydroxylation is 2. The van der Waals surface area contributed by atoms with Crippen molar-refractivity contribution in [2.75, 3.05) is 13.1 Å². The van der Waals surface area contributed by atoms with Crippen LogP contribution in [0.4, 0.5) is 0 Å². The molecule has 0 saturated carbocycles. The van der Waals surface area contributed by atoms with Crippen LogP contribution >= 0.6 is 0 Å². The number of aromatic nitrogens is 4. The number of H-pyrrole nitrogens is 1. The monoisotopic (exact) mass is 315 g/mol. The van der Waals surface area contributed by atoms with E-state index in [9.17, 15) is 4.79 Å². The number of aromatic amines is 1. The number of nitrogens with zero attached hydrogens (tertiary/aromatic N) is 4. The summed E-state index contributed by atoms with van der Waals surface area (Å²) in [6.45, 7) is 4.75. The summed E-state index contributed by atoms with van der Waals surface area (Å²) in [5, 5.41) is 11.4. The lowest BCUT2D eigenvalue weighted by atomic mass is 9.93. The van der Waals surface area contributed by atoms with Crippen LogP contribution in [0.2, 0.25) is 0 Å². The number of hydrogen-bond donors (Lipinski definition) is 1. The molecule has 1 aliphatic heterocycles. The van der Waals surface area contributed by atoms with Crippen molar-refractivity contribution in [3.8, 4) is 0 Å². The molecule has 0 bridgehead atoms. The highest BCUT2D eigenvalue weighted by molar-refractivity contribution is 5.92. The molecule has 1 amide bonds. The maximum absolute atomic E-state index is 12.5. The Hall–Kier alpha value is -2.11. The van der Waals surface area contributed by atoms with Gasteiger partial charge in [0.2, 0.25) is 0 Å². The number of nitrogens with one attached hydrogen (secondary N) is 1. The fourth-order valence-corrected chi connectivity index (χ4v) is 3.20. The first kappa shape index (κ1) is 15.8. The Morgan fingerprint density at radius 1 is 1.39 bits per heavy atom. The molecule has 1 N–H and O–H groups in total. The molecule has 3 heterocycles. The average molecular weight is 315 g/mol. The molecule has 0 radical (unpaired) electrons. The normalized spacial score (nSPS) is 16.0. The van der Waals surface area contributed by atoms with E-state index in [1.165, 1.54) is 0 Å². The topological polar surface area (TPSA) is 66.8 Å². The van der Waals surface area contributed by atoms with Crippen molar-refractivity contribution in [2.24, 2.45) is 5.92 Å². The van der Waals surface area contributed by atoms with Gasteiger partial charge in [-0.25, -0.2) is 0 Å². The van der Waals surface area contributed by atoms with Gasteiger partial charge >= 0.3 is 0 Å². The van der Waals surface area contributed by atoms with Crippen molar-refractivity contribution in [2.45, 2.75) is 45.6 Å². The van der Waals surface area contributed by atoms with Crippen molar-refractivity contribution < 1.29 is 4.79 Å². The summed E-state index contributed by atoms with van der Waals surface area (Å²) in [5.41, 5.74) is 1.60. The Balaban J connectivity index is 1.46. The van der Waals surface area contributed by atoms with Crippen LogP contribution in [0.5, 0.6) is 0 Å². The molecule has 0 aromatic carbocycles. The number of likely N-dealkylation sites (tertiary alicyclic amines) is 1. The van der Waals surface area contributed by atoms with E-state index in [2.05, 4.69) is 22.2 Å². The molecule has 1 fully saturated rings. The van der Waals surface area contributed by atoms with Gasteiger partial charge in [0.05, 0.1) is 0 Å². The highest BCUT2D eigenvalue weighted by Gasteiger charge is 2.24. The molecule has 23 heavy (non-hydrogen) atoms. The Morgan fingerprint density at radius 2 is 2.22 bits per heavy atom. The molecule has 6 heteroatoms. The first-order valence-electron chi connectivity index (χ1n) is 8.57. The summed E-state index contributed by atoms with van der Waals surface area (Å²) < 4.78 is 1.98. The highest BCUT2D eigenvalue weighted by atomic mass is 16.2. The number of amides is 1. The maximum atomic E-state index is 12.5. The minimum atomic E-state index is 0.0640. The Morgan fingerprint density at radius 3 is 2.91 bits per heavy atom. The van der Waals surface area contributed by atoms with E-state index in [0.717, 1.165) is 57.4 Å². The van der Waals surface area contributed by atoms with Gasteiger partial charge in [-0.3, -0.25) is 14.6 Å². The van der Waals surface area contributed by atoms with Crippen molar-refractivity contribution in [1.29, 1.82) is 0 Å². The van der Waals surface area contributed by atoms with E-state index < -0.39 is 0 Å². The smallest absolute Gasteiger partial charge is 0.274 e. The number of carbonyl (C=O) groups excluding carboxylic acids is 1. The molecule has 1 saturated heterocycles. The number of carbonyl (C=O) groups is 1. The van der Waals surface area contributed by atoms with Crippen LogP contribution in [-0.2, 0) is 13.0 Å². The predicted octanol–water partition coefficient (Wildman–Crippen LogP) is 2.50. The van der Waals surface area contributed by atoms with Crippen molar-refractivity contribution in [3.05, 3.63) is 35.9 Å². The molecule has 0 unspecified atom stereocenters. The lowest BCUT2D eigenvalue weighted by Crippen LogP contribution is -2.38. The molecule has 124 valence electrons. The molecule has 0 atom stereocenters. The van der Waals surface area contributed by atoms with Crippen molar-refractivity contribution >= 4 is 5.91 Å². The standard InChI is InChI=1S/C17H25N5O/c1-2-4-15-13-16(20-19-15)17(23)21-10-5-14(6-11-21)7-12-22-9-3-8-18-22/h3,8-9,13-14H,2,4-7,10-12H2,1H3,(H,19,20). The van der Waals surface area contributed by atoms with Crippen LogP contribution in [0, 0.1) is 5.92 Å². The van der Waals surface area contributed by atoms with E-state index in [1.807, 2.05) is 34.1 Å². The molecule has 0 aliphatic carbocycles. The van der Waals surface area contributed by atoms with Gasteiger partial charge in [-0.2, -0.15) is 10.2 Å². The van der Waals surface area contributed by atoms with Crippen molar-refractivity contribution in [3.63, 3.8) is 0 Å². The largest absolute Gasteiger partial charge is 0.337 e. The summed E-state index contributed by atoms with van der Waals surface area (Å²) in [6.07, 6.45) is 9.08. The van der Waals surface area contributed by atoms with Gasteiger partial charge in [0.1, 0.15) is 5.69 Å². The van der Waals surface area contributed by atoms with Gasteiger partial charge in [0.15, 0.2) is 0 Å². The van der Waals surface area contributed by atoms with E-state index in [0.29, 0.717) is 11.6 Å². The Bertz CT molecular complexity index is 611. The van der Waals surface area contributed by atoms with E-state index in [-0.39, 0.29) is 5.91 Å². The fourth-order valence-electron chi connectivity index (χ4n) is 3.20. The van der Waals surface area contributed by atoms with E-state index >= 15 is 0 Å². The van der Waals surface area contributed by atoms with Gasteiger partial charge < -0.3 is 4.90 Å². The molecule has 2 aromatic heterocycles. The summed E-state index contributed by atoms with van der Waals surface area (Å²) in [4.78, 5) is 14.4. The maximum Gasteiger partial charge on any atom is 0.274 e. The molecule has 2 aromatic rings. The van der Waals surface area contributed by atoms with Crippen LogP contribution in [0.3, 0.4) is 0 Å². The third-order valence-electron chi connectivity index (χ3n) is 4.60. The molecule has 0 spiro atoms.